The van der Waals surface area contributed by atoms with E-state index in [1.165, 1.54) is 88.5 Å². The van der Waals surface area contributed by atoms with E-state index in [4.69, 9.17) is 0 Å². The molecule has 8 heteroatoms. The summed E-state index contributed by atoms with van der Waals surface area (Å²) in [6.45, 7) is 3.29. The number of anilines is 1. The Morgan fingerprint density at radius 3 is 1.61 bits per heavy atom. The minimum absolute atomic E-state index is 0. The molecule has 176 valence electrons. The van der Waals surface area contributed by atoms with Crippen LogP contribution in [0.1, 0.15) is 71.1 Å². The van der Waals surface area contributed by atoms with Gasteiger partial charge < -0.3 is 9.45 Å². The van der Waals surface area contributed by atoms with Crippen molar-refractivity contribution in [2.45, 2.75) is 76.0 Å². The zero-order valence-corrected chi connectivity index (χ0v) is 23.2. The van der Waals surface area contributed by atoms with Crippen molar-refractivity contribution in [1.29, 1.82) is 0 Å². The first-order valence-electron chi connectivity index (χ1n) is 11.7. The van der Waals surface area contributed by atoms with E-state index in [2.05, 4.69) is 29.1 Å². The molecule has 2 rings (SSSR count). The molecule has 0 unspecified atom stereocenters. The van der Waals surface area contributed by atoms with Crippen molar-refractivity contribution in [3.05, 3.63) is 48.5 Å². The van der Waals surface area contributed by atoms with E-state index >= 15 is 0 Å². The fourth-order valence-electron chi connectivity index (χ4n) is 3.53. The van der Waals surface area contributed by atoms with Gasteiger partial charge in [0.25, 0.3) is 0 Å². The number of rotatable bonds is 15. The van der Waals surface area contributed by atoms with Gasteiger partial charge in [0.2, 0.25) is 0 Å². The summed E-state index contributed by atoms with van der Waals surface area (Å²) in [4.78, 5) is 1.99. The predicted octanol–water partition coefficient (Wildman–Crippen LogP) is 4.37. The molecule has 0 N–H and O–H groups in total. The van der Waals surface area contributed by atoms with Crippen LogP contribution in [0.15, 0.2) is 63.7 Å². The maximum atomic E-state index is 11.0. The molecule has 0 fully saturated rings. The van der Waals surface area contributed by atoms with Gasteiger partial charge in [0.05, 0.1) is 16.3 Å². The number of nitrogens with zero attached hydrogens (tertiary/aromatic N) is 3. The van der Waals surface area contributed by atoms with Crippen LogP contribution in [0.5, 0.6) is 0 Å². The Morgan fingerprint density at radius 1 is 0.727 bits per heavy atom. The number of unbranched alkanes of at least 4 members (excludes halogenated alkanes) is 9. The Hall–Kier alpha value is -1.25. The van der Waals surface area contributed by atoms with E-state index in [1.54, 1.807) is 0 Å². The van der Waals surface area contributed by atoms with Gasteiger partial charge in [-0.25, -0.2) is 8.42 Å². The van der Waals surface area contributed by atoms with Crippen LogP contribution in [0, 0.1) is 0 Å². The quantitative estimate of drug-likeness (QED) is 0.164. The van der Waals surface area contributed by atoms with Gasteiger partial charge in [0.15, 0.2) is 0 Å². The van der Waals surface area contributed by atoms with E-state index < -0.39 is 10.1 Å². The van der Waals surface area contributed by atoms with Crippen molar-refractivity contribution in [3.63, 3.8) is 0 Å². The molecular formula is C25H36N3NaO3S. The Labute approximate surface area is 221 Å². The molecule has 2 aromatic rings. The van der Waals surface area contributed by atoms with Crippen molar-refractivity contribution in [2.75, 3.05) is 18.5 Å². The van der Waals surface area contributed by atoms with Crippen molar-refractivity contribution in [3.8, 4) is 0 Å². The molecule has 0 aliphatic heterocycles. The molecule has 2 aromatic carbocycles. The Bertz CT molecular complexity index is 917. The van der Waals surface area contributed by atoms with Gasteiger partial charge in [-0.2, -0.15) is 10.2 Å². The second-order valence-electron chi connectivity index (χ2n) is 8.27. The minimum atomic E-state index is -4.44. The Kier molecular flexibility index (Phi) is 14.8. The summed E-state index contributed by atoms with van der Waals surface area (Å²) in [5.41, 5.74) is 2.34. The van der Waals surface area contributed by atoms with E-state index in [0.29, 0.717) is 11.4 Å². The van der Waals surface area contributed by atoms with Crippen LogP contribution in [-0.2, 0) is 10.1 Å². The van der Waals surface area contributed by atoms with Gasteiger partial charge >= 0.3 is 29.6 Å². The third-order valence-electron chi connectivity index (χ3n) is 5.54. The normalized spacial score (nSPS) is 11.5. The van der Waals surface area contributed by atoms with Gasteiger partial charge in [0.1, 0.15) is 10.1 Å². The molecule has 33 heavy (non-hydrogen) atoms. The van der Waals surface area contributed by atoms with Crippen LogP contribution in [0.3, 0.4) is 0 Å². The monoisotopic (exact) mass is 481 g/mol. The molecular weight excluding hydrogens is 445 g/mol. The molecule has 0 spiro atoms. The van der Waals surface area contributed by atoms with Crippen molar-refractivity contribution >= 4 is 27.2 Å². The third-order valence-corrected chi connectivity index (χ3v) is 6.39. The average Bonchev–Trinajstić information content (AvgIpc) is 2.79. The Balaban J connectivity index is 0.00000544. The van der Waals surface area contributed by atoms with E-state index in [-0.39, 0.29) is 34.5 Å². The fourth-order valence-corrected chi connectivity index (χ4v) is 4.00. The maximum Gasteiger partial charge on any atom is 1.00 e. The number of hydrogen-bond acceptors (Lipinski definition) is 6. The molecule has 0 saturated carbocycles. The number of azo groups is 1. The van der Waals surface area contributed by atoms with Crippen LogP contribution in [-0.4, -0.2) is 26.6 Å². The maximum absolute atomic E-state index is 11.0. The van der Waals surface area contributed by atoms with Crippen LogP contribution in [0.25, 0.3) is 0 Å². The fraction of sp³-hybridized carbons (Fsp3) is 0.520. The summed E-state index contributed by atoms with van der Waals surface area (Å²) in [6.07, 6.45) is 13.4. The summed E-state index contributed by atoms with van der Waals surface area (Å²) in [6, 6.07) is 13.3. The molecule has 0 atom stereocenters. The zero-order valence-electron chi connectivity index (χ0n) is 20.4. The summed E-state index contributed by atoms with van der Waals surface area (Å²) in [7, 11) is -2.34. The van der Waals surface area contributed by atoms with Crippen molar-refractivity contribution < 1.29 is 42.5 Å². The SMILES string of the molecule is CCCCCCCCCCCCN(C)c1ccc(N=Nc2ccc(S(=O)(=O)[O-])cc2)cc1.[Na+]. The zero-order chi connectivity index (χ0) is 23.2. The van der Waals surface area contributed by atoms with E-state index in [1.807, 2.05) is 24.3 Å². The van der Waals surface area contributed by atoms with E-state index in [9.17, 15) is 13.0 Å². The second kappa shape index (κ2) is 16.4. The molecule has 0 aromatic heterocycles. The summed E-state index contributed by atoms with van der Waals surface area (Å²) >= 11 is 0. The van der Waals surface area contributed by atoms with E-state index in [0.717, 1.165) is 12.2 Å². The first kappa shape index (κ1) is 29.8. The van der Waals surface area contributed by atoms with Gasteiger partial charge in [0, 0.05) is 19.3 Å². The third kappa shape index (κ3) is 12.1. The summed E-state index contributed by atoms with van der Waals surface area (Å²) < 4.78 is 32.9. The topological polar surface area (TPSA) is 85.2 Å². The average molecular weight is 482 g/mol. The van der Waals surface area contributed by atoms with Crippen molar-refractivity contribution in [1.82, 2.24) is 0 Å². The predicted molar refractivity (Wildman–Crippen MR) is 130 cm³/mol. The first-order valence-corrected chi connectivity index (χ1v) is 13.1. The number of benzene rings is 2. The van der Waals surface area contributed by atoms with Crippen LogP contribution < -0.4 is 34.5 Å². The van der Waals surface area contributed by atoms with Gasteiger partial charge in [-0.15, -0.1) is 0 Å². The Morgan fingerprint density at radius 2 is 1.15 bits per heavy atom. The molecule has 0 saturated heterocycles. The van der Waals surface area contributed by atoms with Gasteiger partial charge in [-0.1, -0.05) is 64.7 Å². The molecule has 0 bridgehead atoms. The molecule has 0 amide bonds. The van der Waals surface area contributed by atoms with Gasteiger partial charge in [-0.3, -0.25) is 0 Å². The number of hydrogen-bond donors (Lipinski definition) is 0. The summed E-state index contributed by atoms with van der Waals surface area (Å²) in [5.74, 6) is 0. The molecule has 0 aliphatic carbocycles. The van der Waals surface area contributed by atoms with Crippen LogP contribution >= 0.6 is 0 Å². The first-order chi connectivity index (χ1) is 15.4. The molecule has 0 heterocycles. The molecule has 6 nitrogen and oxygen atoms in total. The van der Waals surface area contributed by atoms with Gasteiger partial charge in [-0.05, 0) is 55.0 Å². The smallest absolute Gasteiger partial charge is 0.744 e. The van der Waals surface area contributed by atoms with Crippen molar-refractivity contribution in [2.24, 2.45) is 10.2 Å². The largest absolute Gasteiger partial charge is 1.00 e. The standard InChI is InChI=1S/C25H37N3O3S.Na/c1-3-4-5-6-7-8-9-10-11-12-21-28(2)24-17-13-22(14-18-24)26-27-23-15-19-25(20-16-23)32(29,30)31;/h13-20H,3-12,21H2,1-2H3,(H,29,30,31);/q;+1/p-1. The minimum Gasteiger partial charge on any atom is -0.744 e. The molecule has 0 aliphatic rings. The second-order valence-corrected chi connectivity index (χ2v) is 9.65. The van der Waals surface area contributed by atoms with Crippen LogP contribution in [0.4, 0.5) is 17.1 Å². The molecule has 0 radical (unpaired) electrons. The van der Waals surface area contributed by atoms with Crippen LogP contribution in [0.2, 0.25) is 0 Å². The summed E-state index contributed by atoms with van der Waals surface area (Å²) in [5, 5.41) is 8.27.